The van der Waals surface area contributed by atoms with Crippen LogP contribution in [0.4, 0.5) is 0 Å². The SMILES string of the molecule is CC(C)/C=C/[C@@H](CC1CC(O)C[C@@](O)(C[C@@H](O)C(C)C)O1)OC1OC(C)C(O)C(N)C1O.O=CO. The van der Waals surface area contributed by atoms with Crippen LogP contribution in [0.3, 0.4) is 0 Å². The van der Waals surface area contributed by atoms with Crippen molar-refractivity contribution < 1.29 is 49.6 Å². The van der Waals surface area contributed by atoms with Gasteiger partial charge in [-0.2, -0.15) is 0 Å². The second-order valence-electron chi connectivity index (χ2n) is 10.2. The Bertz CT molecular complexity index is 648. The summed E-state index contributed by atoms with van der Waals surface area (Å²) in [6, 6.07) is -0.908. The fourth-order valence-corrected chi connectivity index (χ4v) is 4.14. The van der Waals surface area contributed by atoms with Crippen LogP contribution in [0.2, 0.25) is 0 Å². The van der Waals surface area contributed by atoms with E-state index in [2.05, 4.69) is 0 Å². The van der Waals surface area contributed by atoms with Gasteiger partial charge in [0.1, 0.15) is 6.10 Å². The van der Waals surface area contributed by atoms with Crippen molar-refractivity contribution in [2.24, 2.45) is 17.6 Å². The van der Waals surface area contributed by atoms with E-state index in [9.17, 15) is 25.5 Å². The van der Waals surface area contributed by atoms with Crippen molar-refractivity contribution in [1.82, 2.24) is 0 Å². The molecule has 0 radical (unpaired) electrons. The van der Waals surface area contributed by atoms with Crippen LogP contribution in [0.1, 0.15) is 60.3 Å². The van der Waals surface area contributed by atoms with Crippen molar-refractivity contribution in [3.8, 4) is 0 Å². The third kappa shape index (κ3) is 10.4. The maximum absolute atomic E-state index is 10.9. The molecule has 206 valence electrons. The van der Waals surface area contributed by atoms with Gasteiger partial charge in [-0.05, 0) is 25.2 Å². The number of rotatable bonds is 9. The van der Waals surface area contributed by atoms with E-state index in [-0.39, 0.29) is 31.1 Å². The number of aliphatic hydroxyl groups excluding tert-OH is 4. The van der Waals surface area contributed by atoms with Crippen LogP contribution in [0, 0.1) is 11.8 Å². The van der Waals surface area contributed by atoms with Crippen molar-refractivity contribution in [2.45, 2.75) is 121 Å². The molecule has 2 aliphatic rings. The molecule has 0 bridgehead atoms. The summed E-state index contributed by atoms with van der Waals surface area (Å²) >= 11 is 0. The maximum atomic E-state index is 10.9. The molecule has 0 saturated carbocycles. The summed E-state index contributed by atoms with van der Waals surface area (Å²) in [4.78, 5) is 8.36. The van der Waals surface area contributed by atoms with Gasteiger partial charge in [0.05, 0.1) is 42.7 Å². The standard InChI is InChI=1S/C23H43NO8.CH2O2/c1-12(2)6-7-16(31-22-21(28)19(24)20(27)14(5)30-22)9-17-8-15(25)10-23(29,32-17)11-18(26)13(3)4;2-1-3/h6-7,12-22,25-29H,8-11,24H2,1-5H3;1H,(H,2,3)/b7-6+;/t14?,15?,16-,17?,18+,19?,20?,21?,22?,23-;/m0./s1. The minimum atomic E-state index is -1.64. The van der Waals surface area contributed by atoms with Gasteiger partial charge in [-0.15, -0.1) is 0 Å². The molecule has 7 unspecified atom stereocenters. The fourth-order valence-electron chi connectivity index (χ4n) is 4.14. The van der Waals surface area contributed by atoms with Crippen molar-refractivity contribution in [3.05, 3.63) is 12.2 Å². The highest BCUT2D eigenvalue weighted by Crippen LogP contribution is 2.34. The van der Waals surface area contributed by atoms with Crippen molar-refractivity contribution in [2.75, 3.05) is 0 Å². The van der Waals surface area contributed by atoms with Gasteiger partial charge in [-0.25, -0.2) is 0 Å². The Balaban J connectivity index is 0.00000194. The predicted molar refractivity (Wildman–Crippen MR) is 127 cm³/mol. The van der Waals surface area contributed by atoms with E-state index >= 15 is 0 Å². The Hall–Kier alpha value is -1.15. The van der Waals surface area contributed by atoms with E-state index in [0.29, 0.717) is 12.8 Å². The molecule has 11 heteroatoms. The quantitative estimate of drug-likeness (QED) is 0.165. The Kier molecular flexibility index (Phi) is 13.3. The zero-order valence-corrected chi connectivity index (χ0v) is 21.3. The van der Waals surface area contributed by atoms with E-state index in [1.165, 1.54) is 0 Å². The number of carbonyl (C=O) groups is 1. The second kappa shape index (κ2) is 14.6. The van der Waals surface area contributed by atoms with E-state index in [1.807, 2.05) is 39.8 Å². The zero-order valence-electron chi connectivity index (χ0n) is 21.3. The molecule has 0 aromatic carbocycles. The van der Waals surface area contributed by atoms with Crippen LogP contribution in [0.15, 0.2) is 12.2 Å². The number of hydrogen-bond donors (Lipinski definition) is 7. The average molecular weight is 508 g/mol. The molecule has 2 saturated heterocycles. The van der Waals surface area contributed by atoms with Crippen molar-refractivity contribution in [3.63, 3.8) is 0 Å². The van der Waals surface area contributed by atoms with Crippen LogP contribution in [0.5, 0.6) is 0 Å². The van der Waals surface area contributed by atoms with Gasteiger partial charge >= 0.3 is 0 Å². The fraction of sp³-hybridized carbons (Fsp3) is 0.875. The summed E-state index contributed by atoms with van der Waals surface area (Å²) in [6.07, 6.45) is -2.10. The first-order valence-corrected chi connectivity index (χ1v) is 12.2. The number of ether oxygens (including phenoxy) is 3. The van der Waals surface area contributed by atoms with Crippen LogP contribution in [0.25, 0.3) is 0 Å². The number of hydrogen-bond acceptors (Lipinski definition) is 10. The molecule has 0 aliphatic carbocycles. The topological polar surface area (TPSA) is 192 Å². The van der Waals surface area contributed by atoms with Crippen molar-refractivity contribution in [1.29, 1.82) is 0 Å². The van der Waals surface area contributed by atoms with Gasteiger partial charge in [0.25, 0.3) is 6.47 Å². The maximum Gasteiger partial charge on any atom is 0.290 e. The minimum absolute atomic E-state index is 0.000288. The molecule has 35 heavy (non-hydrogen) atoms. The summed E-state index contributed by atoms with van der Waals surface area (Å²) in [6.45, 7) is 9.14. The first-order valence-electron chi connectivity index (χ1n) is 12.2. The van der Waals surface area contributed by atoms with Crippen LogP contribution in [-0.4, -0.2) is 98.0 Å². The van der Waals surface area contributed by atoms with Crippen LogP contribution >= 0.6 is 0 Å². The monoisotopic (exact) mass is 507 g/mol. The Morgan fingerprint density at radius 1 is 1.14 bits per heavy atom. The first kappa shape index (κ1) is 31.9. The molecule has 8 N–H and O–H groups in total. The molecular weight excluding hydrogens is 462 g/mol. The summed E-state index contributed by atoms with van der Waals surface area (Å²) in [5.74, 6) is -1.45. The molecular formula is C24H45NO10. The molecule has 0 aromatic heterocycles. The molecule has 0 spiro atoms. The number of allylic oxidation sites excluding steroid dienone is 1. The van der Waals surface area contributed by atoms with Gasteiger partial charge in [0, 0.05) is 19.3 Å². The van der Waals surface area contributed by atoms with Gasteiger partial charge in [-0.3, -0.25) is 4.79 Å². The van der Waals surface area contributed by atoms with E-state index in [0.717, 1.165) is 0 Å². The average Bonchev–Trinajstić information content (AvgIpc) is 2.73. The summed E-state index contributed by atoms with van der Waals surface area (Å²) < 4.78 is 17.6. The van der Waals surface area contributed by atoms with E-state index in [1.54, 1.807) is 6.92 Å². The van der Waals surface area contributed by atoms with Gasteiger partial charge in [-0.1, -0.05) is 39.8 Å². The molecule has 0 aromatic rings. The number of aliphatic hydroxyl groups is 5. The molecule has 10 atom stereocenters. The smallest absolute Gasteiger partial charge is 0.290 e. The van der Waals surface area contributed by atoms with Crippen LogP contribution < -0.4 is 5.73 Å². The summed E-state index contributed by atoms with van der Waals surface area (Å²) in [5.41, 5.74) is 5.92. The normalized spacial score (nSPS) is 37.7. The number of nitrogens with two attached hydrogens (primary N) is 1. The van der Waals surface area contributed by atoms with Gasteiger partial charge in [0.2, 0.25) is 0 Å². The lowest BCUT2D eigenvalue weighted by molar-refractivity contribution is -0.298. The molecule has 2 fully saturated rings. The van der Waals surface area contributed by atoms with Crippen molar-refractivity contribution >= 4 is 6.47 Å². The molecule has 11 nitrogen and oxygen atoms in total. The van der Waals surface area contributed by atoms with E-state index in [4.69, 9.17) is 29.8 Å². The molecule has 2 rings (SSSR count). The highest BCUT2D eigenvalue weighted by atomic mass is 16.7. The number of carboxylic acid groups (broad SMARTS) is 1. The second-order valence-corrected chi connectivity index (χ2v) is 10.2. The highest BCUT2D eigenvalue weighted by Gasteiger charge is 2.44. The lowest BCUT2D eigenvalue weighted by atomic mass is 9.89. The van der Waals surface area contributed by atoms with Crippen LogP contribution in [-0.2, 0) is 19.0 Å². The molecule has 0 amide bonds. The predicted octanol–water partition coefficient (Wildman–Crippen LogP) is 0.104. The van der Waals surface area contributed by atoms with Gasteiger partial charge < -0.3 is 50.6 Å². The zero-order chi connectivity index (χ0) is 26.9. The molecule has 2 heterocycles. The van der Waals surface area contributed by atoms with E-state index < -0.39 is 60.8 Å². The largest absolute Gasteiger partial charge is 0.483 e. The Morgan fingerprint density at radius 2 is 1.74 bits per heavy atom. The molecule has 2 aliphatic heterocycles. The van der Waals surface area contributed by atoms with Gasteiger partial charge in [0.15, 0.2) is 12.1 Å². The first-order chi connectivity index (χ1) is 16.2. The lowest BCUT2D eigenvalue weighted by Gasteiger charge is -2.43. The summed E-state index contributed by atoms with van der Waals surface area (Å²) in [5, 5.41) is 58.9. The lowest BCUT2D eigenvalue weighted by Crippen LogP contribution is -2.61. The highest BCUT2D eigenvalue weighted by molar-refractivity contribution is 5.32. The third-order valence-corrected chi connectivity index (χ3v) is 6.19. The minimum Gasteiger partial charge on any atom is -0.483 e. The Labute approximate surface area is 207 Å². The third-order valence-electron chi connectivity index (χ3n) is 6.19. The Morgan fingerprint density at radius 3 is 2.29 bits per heavy atom. The summed E-state index contributed by atoms with van der Waals surface area (Å²) in [7, 11) is 0.